The van der Waals surface area contributed by atoms with Crippen molar-refractivity contribution >= 4 is 11.8 Å². The summed E-state index contributed by atoms with van der Waals surface area (Å²) in [5, 5.41) is 10.7. The molecule has 3 fully saturated rings. The highest BCUT2D eigenvalue weighted by Gasteiger charge is 2.48. The molecule has 56 heavy (non-hydrogen) atoms. The Balaban J connectivity index is 0.000000103. The van der Waals surface area contributed by atoms with Gasteiger partial charge in [0.2, 0.25) is 0 Å². The molecule has 1 aliphatic carbocycles. The molecule has 0 amide bonds. The molecule has 5 aliphatic heterocycles. The lowest BCUT2D eigenvalue weighted by molar-refractivity contribution is 0.404. The standard InChI is InChI=1S/C19H21N.C16H15NO.C16H15NS/c1-18(2)14-7-3-5-9-16(14)19(11-12-20-13-19)17-10-6-4-8-15(17)18;2*1-3-7-14-12(5-1)16(9-10-17-11-16)13-6-2-4-8-15(13)18-14/h3-10,20H,11-13H2,1-2H3;2*1-8,17H,9-11H2. The van der Waals surface area contributed by atoms with Crippen molar-refractivity contribution in [2.45, 2.75) is 64.6 Å². The first-order valence-electron chi connectivity index (χ1n) is 20.5. The summed E-state index contributed by atoms with van der Waals surface area (Å²) >= 11 is 1.92. The molecule has 6 aromatic rings. The van der Waals surface area contributed by atoms with Gasteiger partial charge in [0.1, 0.15) is 11.5 Å². The second kappa shape index (κ2) is 14.1. The third kappa shape index (κ3) is 5.54. The highest BCUT2D eigenvalue weighted by molar-refractivity contribution is 7.99. The first kappa shape index (κ1) is 35.7. The minimum atomic E-state index is 0.0982. The molecule has 12 rings (SSSR count). The van der Waals surface area contributed by atoms with Crippen molar-refractivity contribution in [3.8, 4) is 11.5 Å². The zero-order chi connectivity index (χ0) is 37.8. The average Bonchev–Trinajstić information content (AvgIpc) is 4.05. The first-order valence-corrected chi connectivity index (χ1v) is 21.3. The van der Waals surface area contributed by atoms with E-state index in [1.165, 1.54) is 67.1 Å². The van der Waals surface area contributed by atoms with Crippen molar-refractivity contribution in [3.05, 3.63) is 190 Å². The lowest BCUT2D eigenvalue weighted by Crippen LogP contribution is -2.41. The molecule has 5 heteroatoms. The molecular weight excluding hydrogens is 703 g/mol. The Bertz CT molecular complexity index is 2140. The number of ether oxygens (including phenoxy) is 1. The van der Waals surface area contributed by atoms with Crippen molar-refractivity contribution in [1.29, 1.82) is 0 Å². The highest BCUT2D eigenvalue weighted by atomic mass is 32.2. The van der Waals surface area contributed by atoms with E-state index < -0.39 is 0 Å². The molecule has 3 spiro atoms. The molecule has 0 saturated carbocycles. The summed E-state index contributed by atoms with van der Waals surface area (Å²) in [7, 11) is 0. The summed E-state index contributed by atoms with van der Waals surface area (Å²) in [6, 6.07) is 52.8. The van der Waals surface area contributed by atoms with Crippen molar-refractivity contribution in [1.82, 2.24) is 16.0 Å². The maximum atomic E-state index is 6.04. The number of para-hydroxylation sites is 2. The van der Waals surface area contributed by atoms with E-state index in [4.69, 9.17) is 4.74 Å². The number of fused-ring (bicyclic) bond motifs is 12. The van der Waals surface area contributed by atoms with Gasteiger partial charge in [-0.1, -0.05) is 147 Å². The smallest absolute Gasteiger partial charge is 0.131 e. The quantitative estimate of drug-likeness (QED) is 0.144. The third-order valence-electron chi connectivity index (χ3n) is 13.7. The summed E-state index contributed by atoms with van der Waals surface area (Å²) in [5.74, 6) is 2.03. The Kier molecular flexibility index (Phi) is 8.98. The predicted octanol–water partition coefficient (Wildman–Crippen LogP) is 10.1. The van der Waals surface area contributed by atoms with Crippen LogP contribution in [0.25, 0.3) is 0 Å². The van der Waals surface area contributed by atoms with Gasteiger partial charge in [-0.2, -0.15) is 0 Å². The molecule has 3 N–H and O–H groups in total. The van der Waals surface area contributed by atoms with E-state index in [0.29, 0.717) is 0 Å². The maximum Gasteiger partial charge on any atom is 0.131 e. The molecule has 5 heterocycles. The Labute approximate surface area is 336 Å². The highest BCUT2D eigenvalue weighted by Crippen LogP contribution is 2.54. The summed E-state index contributed by atoms with van der Waals surface area (Å²) in [4.78, 5) is 2.86. The molecule has 0 aromatic heterocycles. The van der Waals surface area contributed by atoms with Crippen LogP contribution in [0.3, 0.4) is 0 Å². The van der Waals surface area contributed by atoms with Crippen LogP contribution in [0.1, 0.15) is 77.6 Å². The van der Waals surface area contributed by atoms with Crippen LogP contribution < -0.4 is 20.7 Å². The molecule has 3 saturated heterocycles. The van der Waals surface area contributed by atoms with E-state index in [1.807, 2.05) is 23.9 Å². The molecule has 0 unspecified atom stereocenters. The van der Waals surface area contributed by atoms with Gasteiger partial charge in [-0.3, -0.25) is 0 Å². The van der Waals surface area contributed by atoms with Crippen LogP contribution in [0.2, 0.25) is 0 Å². The lowest BCUT2D eigenvalue weighted by Gasteiger charge is -2.45. The van der Waals surface area contributed by atoms with Crippen molar-refractivity contribution in [2.24, 2.45) is 0 Å². The van der Waals surface area contributed by atoms with Gasteiger partial charge in [0.05, 0.1) is 0 Å². The summed E-state index contributed by atoms with van der Waals surface area (Å²) < 4.78 is 6.04. The number of hydrogen-bond donors (Lipinski definition) is 3. The number of hydrogen-bond acceptors (Lipinski definition) is 5. The molecule has 6 aromatic carbocycles. The fourth-order valence-electron chi connectivity index (χ4n) is 11.0. The van der Waals surface area contributed by atoms with Crippen LogP contribution in [0.4, 0.5) is 0 Å². The maximum absolute atomic E-state index is 6.04. The molecule has 6 aliphatic rings. The number of benzene rings is 6. The van der Waals surface area contributed by atoms with Gasteiger partial charge in [-0.15, -0.1) is 0 Å². The lowest BCUT2D eigenvalue weighted by atomic mass is 9.58. The van der Waals surface area contributed by atoms with Crippen molar-refractivity contribution in [2.75, 3.05) is 39.3 Å². The Morgan fingerprint density at radius 2 is 0.714 bits per heavy atom. The third-order valence-corrected chi connectivity index (χ3v) is 14.9. The second-order valence-electron chi connectivity index (χ2n) is 16.9. The van der Waals surface area contributed by atoms with Crippen LogP contribution >= 0.6 is 11.8 Å². The fraction of sp³-hybridized carbons (Fsp3) is 0.294. The average molecular weight is 754 g/mol. The summed E-state index contributed by atoms with van der Waals surface area (Å²) in [6.45, 7) is 11.2. The van der Waals surface area contributed by atoms with Crippen molar-refractivity contribution < 1.29 is 4.74 Å². The Hall–Kier alpha value is -4.65. The zero-order valence-corrected chi connectivity index (χ0v) is 33.4. The van der Waals surface area contributed by atoms with Crippen LogP contribution in [-0.4, -0.2) is 39.3 Å². The topological polar surface area (TPSA) is 45.3 Å². The van der Waals surface area contributed by atoms with Gasteiger partial charge >= 0.3 is 0 Å². The summed E-state index contributed by atoms with van der Waals surface area (Å²) in [6.07, 6.45) is 3.56. The molecule has 0 radical (unpaired) electrons. The zero-order valence-electron chi connectivity index (χ0n) is 32.5. The minimum absolute atomic E-state index is 0.0982. The molecule has 282 valence electrons. The van der Waals surface area contributed by atoms with Crippen LogP contribution in [0, 0.1) is 0 Å². The van der Waals surface area contributed by atoms with Gasteiger partial charge in [0, 0.05) is 62.2 Å². The first-order chi connectivity index (χ1) is 27.5. The molecule has 0 bridgehead atoms. The van der Waals surface area contributed by atoms with Crippen LogP contribution in [0.5, 0.6) is 11.5 Å². The Morgan fingerprint density at radius 3 is 1.12 bits per heavy atom. The van der Waals surface area contributed by atoms with Gasteiger partial charge in [0.15, 0.2) is 0 Å². The van der Waals surface area contributed by atoms with Gasteiger partial charge < -0.3 is 20.7 Å². The predicted molar refractivity (Wildman–Crippen MR) is 230 cm³/mol. The van der Waals surface area contributed by atoms with Gasteiger partial charge in [-0.05, 0) is 96.5 Å². The SMILES string of the molecule is CC1(C)c2ccccc2C2(CCNC2)c2ccccc21.c1ccc2c(c1)Oc1ccccc1C21CCNC1.c1ccc2c(c1)Sc1ccccc1C21CCNC1. The number of nitrogens with one attached hydrogen (secondary N) is 3. The Morgan fingerprint density at radius 1 is 0.393 bits per heavy atom. The van der Waals surface area contributed by atoms with E-state index in [2.05, 4.69) is 163 Å². The van der Waals surface area contributed by atoms with Gasteiger partial charge in [0.25, 0.3) is 0 Å². The van der Waals surface area contributed by atoms with E-state index in [0.717, 1.165) is 57.2 Å². The van der Waals surface area contributed by atoms with E-state index in [1.54, 1.807) is 0 Å². The van der Waals surface area contributed by atoms with Crippen LogP contribution in [0.15, 0.2) is 155 Å². The fourth-order valence-corrected chi connectivity index (χ4v) is 12.2. The number of rotatable bonds is 0. The van der Waals surface area contributed by atoms with Crippen molar-refractivity contribution in [3.63, 3.8) is 0 Å². The minimum Gasteiger partial charge on any atom is -0.457 e. The van der Waals surface area contributed by atoms with E-state index >= 15 is 0 Å². The molecule has 4 nitrogen and oxygen atoms in total. The van der Waals surface area contributed by atoms with E-state index in [-0.39, 0.29) is 21.7 Å². The monoisotopic (exact) mass is 753 g/mol. The summed E-state index contributed by atoms with van der Waals surface area (Å²) in [5.41, 5.74) is 12.3. The largest absolute Gasteiger partial charge is 0.457 e. The van der Waals surface area contributed by atoms with Crippen LogP contribution in [-0.2, 0) is 21.7 Å². The molecular formula is C51H51N3OS. The second-order valence-corrected chi connectivity index (χ2v) is 18.0. The normalized spacial score (nSPS) is 20.1. The molecule has 0 atom stereocenters. The van der Waals surface area contributed by atoms with E-state index in [9.17, 15) is 0 Å². The van der Waals surface area contributed by atoms with Gasteiger partial charge in [-0.25, -0.2) is 0 Å².